The van der Waals surface area contributed by atoms with Crippen molar-refractivity contribution in [2.24, 2.45) is 0 Å². The Morgan fingerprint density at radius 2 is 1.71 bits per heavy atom. The van der Waals surface area contributed by atoms with E-state index in [4.69, 9.17) is 16.0 Å². The Bertz CT molecular complexity index is 970. The molecule has 0 aliphatic rings. The molecule has 0 spiro atoms. The second kappa shape index (κ2) is 8.80. The van der Waals surface area contributed by atoms with Crippen molar-refractivity contribution in [2.45, 2.75) is 40.2 Å². The third-order valence-electron chi connectivity index (χ3n) is 4.91. The number of phenolic OH excluding ortho intramolecular Hbond substituents is 1. The molecule has 0 atom stereocenters. The summed E-state index contributed by atoms with van der Waals surface area (Å²) in [7, 11) is 0. The maximum atomic E-state index is 13.3. The molecule has 0 bridgehead atoms. The van der Waals surface area contributed by atoms with Crippen LogP contribution in [0.3, 0.4) is 0 Å². The molecule has 0 aliphatic carbocycles. The van der Waals surface area contributed by atoms with Gasteiger partial charge in [-0.1, -0.05) is 25.4 Å². The standard InChI is InChI=1S/C23H26ClNO3/c1-4-12-25(13-5-2)14-18-19(26)10-11-20-22(18)21(15(3)28-20)23(27)16-6-8-17(24)9-7-16/h6-11,26H,4-5,12-14H2,1-3H3. The summed E-state index contributed by atoms with van der Waals surface area (Å²) in [5, 5.41) is 11.9. The number of fused-ring (bicyclic) bond motifs is 1. The van der Waals surface area contributed by atoms with Crippen molar-refractivity contribution in [1.29, 1.82) is 0 Å². The lowest BCUT2D eigenvalue weighted by atomic mass is 9.96. The topological polar surface area (TPSA) is 53.7 Å². The minimum atomic E-state index is -0.128. The van der Waals surface area contributed by atoms with E-state index in [1.165, 1.54) is 0 Å². The summed E-state index contributed by atoms with van der Waals surface area (Å²) in [4.78, 5) is 15.6. The zero-order valence-electron chi connectivity index (χ0n) is 16.6. The number of aryl methyl sites for hydroxylation is 1. The van der Waals surface area contributed by atoms with E-state index in [9.17, 15) is 9.90 Å². The molecule has 28 heavy (non-hydrogen) atoms. The van der Waals surface area contributed by atoms with Crippen molar-refractivity contribution in [2.75, 3.05) is 13.1 Å². The van der Waals surface area contributed by atoms with E-state index in [2.05, 4.69) is 18.7 Å². The molecule has 0 fully saturated rings. The molecule has 2 aromatic carbocycles. The number of benzene rings is 2. The molecule has 3 aromatic rings. The van der Waals surface area contributed by atoms with E-state index in [1.54, 1.807) is 43.3 Å². The highest BCUT2D eigenvalue weighted by atomic mass is 35.5. The van der Waals surface area contributed by atoms with Crippen LogP contribution < -0.4 is 0 Å². The Balaban J connectivity index is 2.13. The lowest BCUT2D eigenvalue weighted by molar-refractivity contribution is 0.103. The van der Waals surface area contributed by atoms with Crippen LogP contribution in [0, 0.1) is 6.92 Å². The summed E-state index contributed by atoms with van der Waals surface area (Å²) >= 11 is 5.96. The number of ketones is 1. The van der Waals surface area contributed by atoms with E-state index >= 15 is 0 Å². The van der Waals surface area contributed by atoms with E-state index < -0.39 is 0 Å². The molecule has 148 valence electrons. The fourth-order valence-electron chi connectivity index (χ4n) is 3.67. The lowest BCUT2D eigenvalue weighted by Crippen LogP contribution is -2.25. The van der Waals surface area contributed by atoms with Gasteiger partial charge in [0.25, 0.3) is 0 Å². The third kappa shape index (κ3) is 4.08. The Morgan fingerprint density at radius 1 is 1.07 bits per heavy atom. The van der Waals surface area contributed by atoms with Crippen LogP contribution in [0.4, 0.5) is 0 Å². The quantitative estimate of drug-likeness (QED) is 0.475. The average molecular weight is 400 g/mol. The Morgan fingerprint density at radius 3 is 2.32 bits per heavy atom. The highest BCUT2D eigenvalue weighted by Crippen LogP contribution is 2.36. The number of carbonyl (C=O) groups excluding carboxylic acids is 1. The molecule has 3 rings (SSSR count). The van der Waals surface area contributed by atoms with E-state index in [0.29, 0.717) is 39.4 Å². The maximum Gasteiger partial charge on any atom is 0.197 e. The van der Waals surface area contributed by atoms with Crippen LogP contribution in [-0.4, -0.2) is 28.9 Å². The van der Waals surface area contributed by atoms with Crippen LogP contribution in [0.25, 0.3) is 11.0 Å². The normalized spacial score (nSPS) is 11.5. The number of carbonyl (C=O) groups is 1. The van der Waals surface area contributed by atoms with Gasteiger partial charge >= 0.3 is 0 Å². The molecule has 0 saturated heterocycles. The third-order valence-corrected chi connectivity index (χ3v) is 5.16. The minimum Gasteiger partial charge on any atom is -0.508 e. The number of furan rings is 1. The van der Waals surface area contributed by atoms with Gasteiger partial charge in [-0.15, -0.1) is 0 Å². The van der Waals surface area contributed by atoms with E-state index in [1.807, 2.05) is 0 Å². The highest BCUT2D eigenvalue weighted by Gasteiger charge is 2.24. The van der Waals surface area contributed by atoms with Gasteiger partial charge in [0.05, 0.1) is 5.56 Å². The zero-order valence-corrected chi connectivity index (χ0v) is 17.3. The maximum absolute atomic E-state index is 13.3. The summed E-state index contributed by atoms with van der Waals surface area (Å²) in [6.45, 7) is 8.51. The van der Waals surface area contributed by atoms with Gasteiger partial charge in [0.1, 0.15) is 17.1 Å². The van der Waals surface area contributed by atoms with Crippen LogP contribution in [0.2, 0.25) is 5.02 Å². The molecule has 0 amide bonds. The van der Waals surface area contributed by atoms with Crippen LogP contribution in [-0.2, 0) is 6.54 Å². The Kier molecular flexibility index (Phi) is 6.42. The van der Waals surface area contributed by atoms with Crippen molar-refractivity contribution in [1.82, 2.24) is 4.90 Å². The first kappa shape index (κ1) is 20.4. The van der Waals surface area contributed by atoms with Crippen LogP contribution in [0.15, 0.2) is 40.8 Å². The average Bonchev–Trinajstić information content (AvgIpc) is 3.00. The Hall–Kier alpha value is -2.30. The molecule has 0 aliphatic heterocycles. The molecule has 4 nitrogen and oxygen atoms in total. The van der Waals surface area contributed by atoms with Gasteiger partial charge in [-0.2, -0.15) is 0 Å². The number of halogens is 1. The Labute approximate surface area is 170 Å². The summed E-state index contributed by atoms with van der Waals surface area (Å²) < 4.78 is 5.89. The van der Waals surface area contributed by atoms with Gasteiger partial charge in [0, 0.05) is 28.1 Å². The van der Waals surface area contributed by atoms with Gasteiger partial charge in [-0.3, -0.25) is 9.69 Å². The second-order valence-corrected chi connectivity index (χ2v) is 7.52. The number of hydrogen-bond donors (Lipinski definition) is 1. The fourth-order valence-corrected chi connectivity index (χ4v) is 3.80. The molecule has 1 aromatic heterocycles. The summed E-state index contributed by atoms with van der Waals surface area (Å²) in [5.74, 6) is 0.618. The largest absolute Gasteiger partial charge is 0.508 e. The van der Waals surface area contributed by atoms with Crippen molar-refractivity contribution < 1.29 is 14.3 Å². The molecule has 0 unspecified atom stereocenters. The summed E-state index contributed by atoms with van der Waals surface area (Å²) in [6.07, 6.45) is 2.05. The van der Waals surface area contributed by atoms with Crippen molar-refractivity contribution in [3.05, 3.63) is 63.9 Å². The summed E-state index contributed by atoms with van der Waals surface area (Å²) in [6, 6.07) is 10.2. The SMILES string of the molecule is CCCN(CCC)Cc1c(O)ccc2oc(C)c(C(=O)c3ccc(Cl)cc3)c12. The molecule has 1 heterocycles. The molecular weight excluding hydrogens is 374 g/mol. The van der Waals surface area contributed by atoms with Crippen LogP contribution >= 0.6 is 11.6 Å². The van der Waals surface area contributed by atoms with Gasteiger partial charge in [-0.25, -0.2) is 0 Å². The van der Waals surface area contributed by atoms with Crippen LogP contribution in [0.1, 0.15) is 53.9 Å². The molecule has 0 radical (unpaired) electrons. The molecule has 0 saturated carbocycles. The molecular formula is C23H26ClNO3. The fraction of sp³-hybridized carbons (Fsp3) is 0.348. The minimum absolute atomic E-state index is 0.128. The van der Waals surface area contributed by atoms with Crippen LogP contribution in [0.5, 0.6) is 5.75 Å². The van der Waals surface area contributed by atoms with Crippen molar-refractivity contribution in [3.8, 4) is 5.75 Å². The van der Waals surface area contributed by atoms with Crippen molar-refractivity contribution >= 4 is 28.4 Å². The number of phenols is 1. The van der Waals surface area contributed by atoms with Gasteiger partial charge in [0.2, 0.25) is 0 Å². The first-order valence-corrected chi connectivity index (χ1v) is 10.1. The molecule has 1 N–H and O–H groups in total. The summed E-state index contributed by atoms with van der Waals surface area (Å²) in [5.41, 5.74) is 2.42. The van der Waals surface area contributed by atoms with E-state index in [0.717, 1.165) is 31.5 Å². The number of hydrogen-bond acceptors (Lipinski definition) is 4. The number of rotatable bonds is 8. The smallest absolute Gasteiger partial charge is 0.197 e. The van der Waals surface area contributed by atoms with Gasteiger partial charge in [-0.05, 0) is 69.3 Å². The predicted molar refractivity (Wildman–Crippen MR) is 113 cm³/mol. The number of nitrogens with zero attached hydrogens (tertiary/aromatic N) is 1. The number of aromatic hydroxyl groups is 1. The predicted octanol–water partition coefficient (Wildman–Crippen LogP) is 5.95. The second-order valence-electron chi connectivity index (χ2n) is 7.08. The van der Waals surface area contributed by atoms with Crippen molar-refractivity contribution in [3.63, 3.8) is 0 Å². The lowest BCUT2D eigenvalue weighted by Gasteiger charge is -2.22. The molecule has 5 heteroatoms. The van der Waals surface area contributed by atoms with Gasteiger partial charge in [0.15, 0.2) is 5.78 Å². The zero-order chi connectivity index (χ0) is 20.3. The van der Waals surface area contributed by atoms with E-state index in [-0.39, 0.29) is 11.5 Å². The first-order valence-electron chi connectivity index (χ1n) is 9.72. The first-order chi connectivity index (χ1) is 13.5. The highest BCUT2D eigenvalue weighted by molar-refractivity contribution is 6.30. The van der Waals surface area contributed by atoms with Gasteiger partial charge < -0.3 is 9.52 Å². The monoisotopic (exact) mass is 399 g/mol.